The van der Waals surface area contributed by atoms with Crippen LogP contribution in [-0.4, -0.2) is 298 Å². The molecular formula is C63H98O34. The normalized spacial score (nSPS) is 40.7. The van der Waals surface area contributed by atoms with Gasteiger partial charge in [0.25, 0.3) is 0 Å². The zero-order valence-electron chi connectivity index (χ0n) is 56.5. The van der Waals surface area contributed by atoms with Crippen molar-refractivity contribution in [1.82, 2.24) is 0 Å². The Hall–Kier alpha value is -4.84. The van der Waals surface area contributed by atoms with Gasteiger partial charge in [-0.05, 0) is 74.1 Å². The van der Waals surface area contributed by atoms with Gasteiger partial charge in [0.05, 0.1) is 37.6 Å². The molecule has 0 amide bonds. The van der Waals surface area contributed by atoms with Gasteiger partial charge in [0, 0.05) is 41.5 Å². The molecule has 0 aliphatic carbocycles. The van der Waals surface area contributed by atoms with E-state index in [1.54, 1.807) is 13.0 Å². The Morgan fingerprint density at radius 3 is 1.04 bits per heavy atom. The van der Waals surface area contributed by atoms with Crippen molar-refractivity contribution in [3.05, 3.63) is 34.9 Å². The first kappa shape index (κ1) is 81.1. The number of aliphatic hydroxyl groups is 10. The molecule has 10 N–H and O–H groups in total. The van der Waals surface area contributed by atoms with Crippen molar-refractivity contribution in [2.75, 3.05) is 26.4 Å². The average molecular weight is 1400 g/mol. The number of carbonyl (C=O) groups excluding carboxylic acids is 6. The molecule has 6 aliphatic heterocycles. The Bertz CT molecular complexity index is 2670. The van der Waals surface area contributed by atoms with E-state index in [2.05, 4.69) is 6.08 Å². The summed E-state index contributed by atoms with van der Waals surface area (Å²) in [6.45, 7) is 16.8. The predicted molar refractivity (Wildman–Crippen MR) is 321 cm³/mol. The molecule has 30 unspecified atom stereocenters. The molecule has 0 bridgehead atoms. The van der Waals surface area contributed by atoms with Crippen LogP contribution < -0.4 is 0 Å². The average Bonchev–Trinajstić information content (AvgIpc) is 0.833. The zero-order chi connectivity index (χ0) is 72.0. The summed E-state index contributed by atoms with van der Waals surface area (Å²) in [5.41, 5.74) is 2.67. The molecule has 34 nitrogen and oxygen atoms in total. The van der Waals surface area contributed by atoms with E-state index in [-0.39, 0.29) is 13.2 Å². The van der Waals surface area contributed by atoms with E-state index in [1.807, 2.05) is 19.9 Å². The third-order valence-electron chi connectivity index (χ3n) is 16.9. The van der Waals surface area contributed by atoms with Crippen LogP contribution in [0.4, 0.5) is 0 Å². The van der Waals surface area contributed by atoms with Crippen LogP contribution in [0, 0.1) is 0 Å². The topological polar surface area (TPSA) is 471 Å². The van der Waals surface area contributed by atoms with Crippen molar-refractivity contribution < 1.29 is 165 Å². The molecule has 0 aromatic rings. The molecule has 6 aliphatic rings. The summed E-state index contributed by atoms with van der Waals surface area (Å²) in [6, 6.07) is 0. The fourth-order valence-corrected chi connectivity index (χ4v) is 11.6. The van der Waals surface area contributed by atoms with Gasteiger partial charge < -0.3 is 136 Å². The summed E-state index contributed by atoms with van der Waals surface area (Å²) in [5.74, 6) is -4.70. The summed E-state index contributed by atoms with van der Waals surface area (Å²) in [7, 11) is 0. The van der Waals surface area contributed by atoms with E-state index in [0.717, 1.165) is 58.3 Å². The van der Waals surface area contributed by atoms with Gasteiger partial charge in [-0.1, -0.05) is 34.9 Å². The molecule has 6 saturated heterocycles. The molecular weight excluding hydrogens is 1300 g/mol. The molecule has 0 radical (unpaired) electrons. The van der Waals surface area contributed by atoms with Crippen LogP contribution in [0.5, 0.6) is 0 Å². The number of hydrogen-bond donors (Lipinski definition) is 10. The molecule has 554 valence electrons. The molecule has 0 aromatic heterocycles. The lowest BCUT2D eigenvalue weighted by molar-refractivity contribution is -0.375. The molecule has 6 fully saturated rings. The molecule has 30 atom stereocenters. The van der Waals surface area contributed by atoms with Crippen LogP contribution in [0.25, 0.3) is 0 Å². The van der Waals surface area contributed by atoms with Crippen LogP contribution in [0.15, 0.2) is 34.9 Å². The molecule has 97 heavy (non-hydrogen) atoms. The van der Waals surface area contributed by atoms with Crippen LogP contribution in [-0.2, 0) is 114 Å². The van der Waals surface area contributed by atoms with Crippen molar-refractivity contribution >= 4 is 35.8 Å². The Morgan fingerprint density at radius 2 is 0.660 bits per heavy atom. The summed E-state index contributed by atoms with van der Waals surface area (Å²) in [4.78, 5) is 71.8. The summed E-state index contributed by atoms with van der Waals surface area (Å²) >= 11 is 0. The van der Waals surface area contributed by atoms with E-state index in [9.17, 15) is 79.8 Å². The molecule has 0 saturated carbocycles. The minimum Gasteiger partial charge on any atom is -0.463 e. The second-order valence-electron chi connectivity index (χ2n) is 25.0. The van der Waals surface area contributed by atoms with Gasteiger partial charge in [-0.3, -0.25) is 28.8 Å². The van der Waals surface area contributed by atoms with Gasteiger partial charge in [-0.15, -0.1) is 0 Å². The number of carbonyl (C=O) groups is 6. The highest BCUT2D eigenvalue weighted by molar-refractivity contribution is 5.68. The van der Waals surface area contributed by atoms with E-state index in [4.69, 9.17) is 85.3 Å². The largest absolute Gasteiger partial charge is 0.463 e. The first-order chi connectivity index (χ1) is 45.6. The van der Waals surface area contributed by atoms with Gasteiger partial charge >= 0.3 is 35.8 Å². The van der Waals surface area contributed by atoms with E-state index in [1.165, 1.54) is 27.7 Å². The number of allylic oxidation sites excluding steroid dienone is 4. The minimum atomic E-state index is -1.93. The van der Waals surface area contributed by atoms with Crippen molar-refractivity contribution in [2.24, 2.45) is 0 Å². The monoisotopic (exact) mass is 1400 g/mol. The number of rotatable bonds is 28. The van der Waals surface area contributed by atoms with Gasteiger partial charge in [0.1, 0.15) is 111 Å². The fourth-order valence-electron chi connectivity index (χ4n) is 11.6. The predicted octanol–water partition coefficient (Wildman–Crippen LogP) is -2.15. The van der Waals surface area contributed by atoms with Crippen molar-refractivity contribution in [3.8, 4) is 0 Å². The third-order valence-corrected chi connectivity index (χ3v) is 16.9. The van der Waals surface area contributed by atoms with Gasteiger partial charge in [-0.2, -0.15) is 0 Å². The number of aliphatic hydroxyl groups excluding tert-OH is 10. The molecule has 34 heteroatoms. The van der Waals surface area contributed by atoms with Crippen LogP contribution in [0.3, 0.4) is 0 Å². The SMILES string of the molecule is CC(=O)OCC1OC(OCC=C(C)CCC=C(C)CCC=C(C)COC2OC(COC(C)=O)C(O)C(OC3OC(C)C(OC4OC(C)C(O)C(OC(C)=O)C4OC(C)=O)C(O)C3O)C2O)C(O)C(OC2OC(C)C(OC3OC(C)C(O)C(OC(C)=O)C3OC(C)=O)C(O)C2O)C1O. The molecule has 6 heterocycles. The maximum atomic E-state index is 12.1. The van der Waals surface area contributed by atoms with Gasteiger partial charge in [-0.25, -0.2) is 0 Å². The molecule has 0 aromatic carbocycles. The third kappa shape index (κ3) is 22.3. The fraction of sp³-hybridized carbons (Fsp3) is 0.810. The maximum absolute atomic E-state index is 12.1. The quantitative estimate of drug-likeness (QED) is 0.0227. The van der Waals surface area contributed by atoms with Crippen LogP contribution in [0.2, 0.25) is 0 Å². The standard InChI is InChI=1S/C63H98O34/c1-25(17-15-19-27(3)22-83-59-49(79)53(43(73)39(93-59)24-82-33(9)65)97-61-47(77)45(75)51(31(7)87-61)95-63-57(91-37(13)69)55(89-35(11)67)41(71)29(5)85-63)16-14-18-26(2)20-21-80-58-48(78)52(42(72)38(92-58)23-81-32(8)64)96-60-46(76)44(74)50(30(6)86-60)94-62-56(90-36(12)68)54(88-34(10)66)40(70)28(4)84-62/h16,19-20,28-31,38-63,70-79H,14-15,17-18,21-24H2,1-13H3. The van der Waals surface area contributed by atoms with E-state index in [0.29, 0.717) is 25.7 Å². The Labute approximate surface area is 560 Å². The van der Waals surface area contributed by atoms with Crippen molar-refractivity contribution in [1.29, 1.82) is 0 Å². The van der Waals surface area contributed by atoms with E-state index >= 15 is 0 Å². The highest BCUT2D eigenvalue weighted by atomic mass is 16.8. The Kier molecular flexibility index (Phi) is 31.1. The first-order valence-electron chi connectivity index (χ1n) is 32.1. The van der Waals surface area contributed by atoms with Gasteiger partial charge in [0.15, 0.2) is 62.2 Å². The van der Waals surface area contributed by atoms with Crippen LogP contribution in [0.1, 0.15) is 116 Å². The van der Waals surface area contributed by atoms with Crippen molar-refractivity contribution in [3.63, 3.8) is 0 Å². The Balaban J connectivity index is 0.994. The lowest BCUT2D eigenvalue weighted by Crippen LogP contribution is -2.66. The summed E-state index contributed by atoms with van der Waals surface area (Å²) in [6.07, 6.45) is -37.8. The summed E-state index contributed by atoms with van der Waals surface area (Å²) < 4.78 is 102. The number of ether oxygens (including phenoxy) is 18. The summed E-state index contributed by atoms with van der Waals surface area (Å²) in [5, 5.41) is 113. The second kappa shape index (κ2) is 37.2. The lowest BCUT2D eigenvalue weighted by atomic mass is 9.96. The lowest BCUT2D eigenvalue weighted by Gasteiger charge is -2.48. The highest BCUT2D eigenvalue weighted by Gasteiger charge is 2.57. The minimum absolute atomic E-state index is 0.0829. The zero-order valence-corrected chi connectivity index (χ0v) is 56.5. The van der Waals surface area contributed by atoms with Crippen LogP contribution >= 0.6 is 0 Å². The molecule has 6 rings (SSSR count). The van der Waals surface area contributed by atoms with Gasteiger partial charge in [0.2, 0.25) is 0 Å². The van der Waals surface area contributed by atoms with E-state index < -0.39 is 233 Å². The second-order valence-corrected chi connectivity index (χ2v) is 25.0. The molecule has 0 spiro atoms. The Morgan fingerprint density at radius 1 is 0.320 bits per heavy atom. The maximum Gasteiger partial charge on any atom is 0.303 e. The smallest absolute Gasteiger partial charge is 0.303 e. The first-order valence-corrected chi connectivity index (χ1v) is 32.1. The number of hydrogen-bond acceptors (Lipinski definition) is 34. The number of esters is 6. The van der Waals surface area contributed by atoms with Crippen molar-refractivity contribution in [2.45, 2.75) is 300 Å². The highest BCUT2D eigenvalue weighted by Crippen LogP contribution is 2.37.